The number of rotatable bonds is 1. The summed E-state index contributed by atoms with van der Waals surface area (Å²) in [5, 5.41) is 11.7. The van der Waals surface area contributed by atoms with Gasteiger partial charge in [0, 0.05) is 20.6 Å². The second-order valence-electron chi connectivity index (χ2n) is 3.56. The molecule has 0 saturated carbocycles. The zero-order chi connectivity index (χ0) is 9.14. The van der Waals surface area contributed by atoms with Gasteiger partial charge in [0.15, 0.2) is 0 Å². The third kappa shape index (κ3) is 2.08. The van der Waals surface area contributed by atoms with Gasteiger partial charge in [-0.2, -0.15) is 0 Å². The summed E-state index contributed by atoms with van der Waals surface area (Å²) in [7, 11) is 3.95. The van der Waals surface area contributed by atoms with Crippen LogP contribution in [0.2, 0.25) is 0 Å². The Labute approximate surface area is 74.1 Å². The van der Waals surface area contributed by atoms with Crippen LogP contribution >= 0.6 is 0 Å². The highest BCUT2D eigenvalue weighted by Gasteiger charge is 2.15. The van der Waals surface area contributed by atoms with Crippen molar-refractivity contribution in [2.75, 3.05) is 20.6 Å². The number of hydrogen-bond acceptors (Lipinski definition) is 2. The van der Waals surface area contributed by atoms with E-state index in [9.17, 15) is 0 Å². The summed E-state index contributed by atoms with van der Waals surface area (Å²) in [5.41, 5.74) is 0. The first-order chi connectivity index (χ1) is 5.61. The van der Waals surface area contributed by atoms with Gasteiger partial charge in [-0.05, 0) is 18.4 Å². The molecule has 0 aromatic heterocycles. The molecular weight excluding hydrogens is 150 g/mol. The van der Waals surface area contributed by atoms with Crippen molar-refractivity contribution in [3.8, 4) is 0 Å². The predicted octanol–water partition coefficient (Wildman–Crippen LogP) is 1.34. The van der Waals surface area contributed by atoms with Crippen LogP contribution in [0.25, 0.3) is 0 Å². The summed E-state index contributed by atoms with van der Waals surface area (Å²) in [6, 6.07) is 0. The minimum atomic E-state index is 0.587. The van der Waals surface area contributed by atoms with Crippen molar-refractivity contribution < 1.29 is 0 Å². The molecule has 0 radical (unpaired) electrons. The van der Waals surface area contributed by atoms with Crippen LogP contribution in [-0.2, 0) is 0 Å². The molecule has 1 N–H and O–H groups in total. The average molecular weight is 167 g/mol. The number of hydrogen-bond donors (Lipinski definition) is 1. The molecular formula is C9H17N3. The Kier molecular flexibility index (Phi) is 2.87. The van der Waals surface area contributed by atoms with Gasteiger partial charge in [-0.15, -0.1) is 0 Å². The fourth-order valence-corrected chi connectivity index (χ4v) is 1.34. The second-order valence-corrected chi connectivity index (χ2v) is 3.56. The molecule has 0 fully saturated rings. The van der Waals surface area contributed by atoms with Crippen LogP contribution in [0.15, 0.2) is 12.2 Å². The van der Waals surface area contributed by atoms with Crippen molar-refractivity contribution in [3.63, 3.8) is 0 Å². The van der Waals surface area contributed by atoms with Crippen molar-refractivity contribution in [2.24, 2.45) is 5.92 Å². The highest BCUT2D eigenvalue weighted by Crippen LogP contribution is 2.11. The molecule has 1 rings (SSSR count). The minimum absolute atomic E-state index is 0.587. The predicted molar refractivity (Wildman–Crippen MR) is 51.0 cm³/mol. The van der Waals surface area contributed by atoms with Gasteiger partial charge in [-0.25, -0.2) is 5.01 Å². The fourth-order valence-electron chi connectivity index (χ4n) is 1.34. The number of nitrogens with one attached hydrogen (secondary N) is 1. The maximum atomic E-state index is 7.70. The largest absolute Gasteiger partial charge is 0.290 e. The van der Waals surface area contributed by atoms with E-state index >= 15 is 0 Å². The van der Waals surface area contributed by atoms with Gasteiger partial charge in [0.25, 0.3) is 0 Å². The third-order valence-electron chi connectivity index (χ3n) is 2.06. The Morgan fingerprint density at radius 3 is 2.83 bits per heavy atom. The summed E-state index contributed by atoms with van der Waals surface area (Å²) in [4.78, 5) is 0. The Balaban J connectivity index is 2.70. The van der Waals surface area contributed by atoms with Gasteiger partial charge in [-0.1, -0.05) is 13.0 Å². The van der Waals surface area contributed by atoms with Gasteiger partial charge >= 0.3 is 0 Å². The number of hydrazine groups is 1. The van der Waals surface area contributed by atoms with E-state index in [0.29, 0.717) is 11.8 Å². The van der Waals surface area contributed by atoms with Crippen molar-refractivity contribution in [1.29, 1.82) is 5.41 Å². The Bertz CT molecular complexity index is 196. The van der Waals surface area contributed by atoms with Crippen LogP contribution < -0.4 is 0 Å². The highest BCUT2D eigenvalue weighted by atomic mass is 15.6. The summed E-state index contributed by atoms with van der Waals surface area (Å²) < 4.78 is 0. The monoisotopic (exact) mass is 167 g/mol. The molecule has 1 atom stereocenters. The van der Waals surface area contributed by atoms with Crippen molar-refractivity contribution >= 4 is 5.84 Å². The molecule has 0 aliphatic carbocycles. The molecule has 0 amide bonds. The van der Waals surface area contributed by atoms with Gasteiger partial charge < -0.3 is 0 Å². The molecule has 0 aromatic carbocycles. The number of allylic oxidation sites excluding steroid dienone is 1. The van der Waals surface area contributed by atoms with E-state index in [1.807, 2.05) is 30.2 Å². The zero-order valence-corrected chi connectivity index (χ0v) is 8.04. The lowest BCUT2D eigenvalue weighted by Crippen LogP contribution is -2.42. The Morgan fingerprint density at radius 1 is 1.58 bits per heavy atom. The maximum absolute atomic E-state index is 7.70. The first-order valence-electron chi connectivity index (χ1n) is 4.31. The molecule has 1 aliphatic rings. The lowest BCUT2D eigenvalue weighted by Gasteiger charge is -2.30. The van der Waals surface area contributed by atoms with E-state index in [4.69, 9.17) is 5.41 Å². The molecule has 1 heterocycles. The highest BCUT2D eigenvalue weighted by molar-refractivity contribution is 5.90. The molecule has 0 bridgehead atoms. The van der Waals surface area contributed by atoms with Crippen LogP contribution in [0.1, 0.15) is 13.3 Å². The number of nitrogens with zero attached hydrogens (tertiary/aromatic N) is 2. The molecule has 0 aromatic rings. The van der Waals surface area contributed by atoms with Crippen LogP contribution in [0, 0.1) is 11.3 Å². The third-order valence-corrected chi connectivity index (χ3v) is 2.06. The molecule has 3 heteroatoms. The van der Waals surface area contributed by atoms with Crippen LogP contribution in [-0.4, -0.2) is 36.5 Å². The summed E-state index contributed by atoms with van der Waals surface area (Å²) in [6.45, 7) is 3.15. The minimum Gasteiger partial charge on any atom is -0.290 e. The van der Waals surface area contributed by atoms with Crippen LogP contribution in [0.5, 0.6) is 0 Å². The van der Waals surface area contributed by atoms with E-state index in [0.717, 1.165) is 13.0 Å². The molecule has 12 heavy (non-hydrogen) atoms. The van der Waals surface area contributed by atoms with Gasteiger partial charge in [0.1, 0.15) is 5.84 Å². The lowest BCUT2D eigenvalue weighted by atomic mass is 10.1. The van der Waals surface area contributed by atoms with Crippen molar-refractivity contribution in [3.05, 3.63) is 12.2 Å². The van der Waals surface area contributed by atoms with E-state index in [2.05, 4.69) is 13.0 Å². The lowest BCUT2D eigenvalue weighted by molar-refractivity contribution is 0.0959. The second kappa shape index (κ2) is 3.72. The molecule has 3 nitrogen and oxygen atoms in total. The topological polar surface area (TPSA) is 30.3 Å². The maximum Gasteiger partial charge on any atom is 0.134 e. The summed E-state index contributed by atoms with van der Waals surface area (Å²) in [6.07, 6.45) is 5.03. The quantitative estimate of drug-likeness (QED) is 0.638. The van der Waals surface area contributed by atoms with Gasteiger partial charge in [-0.3, -0.25) is 10.4 Å². The van der Waals surface area contributed by atoms with E-state index in [1.54, 1.807) is 0 Å². The Morgan fingerprint density at radius 2 is 2.25 bits per heavy atom. The smallest absolute Gasteiger partial charge is 0.134 e. The van der Waals surface area contributed by atoms with E-state index in [1.165, 1.54) is 0 Å². The first-order valence-corrected chi connectivity index (χ1v) is 4.31. The summed E-state index contributed by atoms with van der Waals surface area (Å²) in [5.74, 6) is 1.22. The fraction of sp³-hybridized carbons (Fsp3) is 0.667. The van der Waals surface area contributed by atoms with Crippen LogP contribution in [0.3, 0.4) is 0 Å². The van der Waals surface area contributed by atoms with Gasteiger partial charge in [0.05, 0.1) is 0 Å². The Hall–Kier alpha value is -0.830. The molecule has 0 saturated heterocycles. The number of amidine groups is 1. The zero-order valence-electron chi connectivity index (χ0n) is 8.04. The molecule has 1 unspecified atom stereocenters. The molecule has 0 spiro atoms. The van der Waals surface area contributed by atoms with E-state index < -0.39 is 0 Å². The average Bonchev–Trinajstić information content (AvgIpc) is 2.13. The van der Waals surface area contributed by atoms with Crippen molar-refractivity contribution in [1.82, 2.24) is 10.0 Å². The SMILES string of the molecule is CC1CC=CC(=N)N(N(C)C)C1. The first kappa shape index (κ1) is 9.26. The summed E-state index contributed by atoms with van der Waals surface area (Å²) >= 11 is 0. The van der Waals surface area contributed by atoms with E-state index in [-0.39, 0.29) is 0 Å². The van der Waals surface area contributed by atoms with Crippen molar-refractivity contribution in [2.45, 2.75) is 13.3 Å². The molecule has 68 valence electrons. The van der Waals surface area contributed by atoms with Crippen LogP contribution in [0.4, 0.5) is 0 Å². The standard InChI is InChI=1S/C9H17N3/c1-8-5-4-6-9(10)12(7-8)11(2)3/h4,6,8,10H,5,7H2,1-3H3. The molecule has 1 aliphatic heterocycles. The van der Waals surface area contributed by atoms with Gasteiger partial charge in [0.2, 0.25) is 0 Å². The normalized spacial score (nSPS) is 24.8.